The van der Waals surface area contributed by atoms with E-state index in [4.69, 9.17) is 0 Å². The fourth-order valence-corrected chi connectivity index (χ4v) is 1.48. The molecule has 0 atom stereocenters. The van der Waals surface area contributed by atoms with Crippen LogP contribution in [0.4, 0.5) is 0 Å². The smallest absolute Gasteiger partial charge is 0.230 e. The molecular formula is C6H12N2O2S. The molecule has 0 aromatic heterocycles. The molecule has 0 saturated carbocycles. The number of allylic oxidation sites excluding steroid dienone is 1. The predicted octanol–water partition coefficient (Wildman–Crippen LogP) is -0.240. The van der Waals surface area contributed by atoms with Crippen LogP contribution in [0.25, 0.3) is 0 Å². The van der Waals surface area contributed by atoms with Crippen molar-refractivity contribution in [3.05, 3.63) is 11.9 Å². The molecule has 0 bridgehead atoms. The summed E-state index contributed by atoms with van der Waals surface area (Å²) in [5, 5.41) is 2.95. The summed E-state index contributed by atoms with van der Waals surface area (Å²) in [6.07, 6.45) is 4.99. The minimum atomic E-state index is -3.10. The van der Waals surface area contributed by atoms with Gasteiger partial charge in [0.2, 0.25) is 10.0 Å². The number of hydrogen-bond donors (Lipinski definition) is 2. The summed E-state index contributed by atoms with van der Waals surface area (Å²) >= 11 is 0. The maximum Gasteiger partial charge on any atom is 0.230 e. The van der Waals surface area contributed by atoms with Crippen molar-refractivity contribution < 1.29 is 8.42 Å². The topological polar surface area (TPSA) is 58.2 Å². The second-order valence-electron chi connectivity index (χ2n) is 2.56. The van der Waals surface area contributed by atoms with Crippen LogP contribution in [0.5, 0.6) is 0 Å². The zero-order valence-corrected chi connectivity index (χ0v) is 7.24. The molecule has 0 aromatic rings. The molecule has 0 aromatic carbocycles. The number of nitrogens with one attached hydrogen (secondary N) is 2. The van der Waals surface area contributed by atoms with Gasteiger partial charge in [0.15, 0.2) is 0 Å². The second kappa shape index (κ2) is 3.13. The van der Waals surface area contributed by atoms with Gasteiger partial charge in [0, 0.05) is 6.54 Å². The first-order chi connectivity index (χ1) is 5.08. The van der Waals surface area contributed by atoms with Crippen LogP contribution in [0.3, 0.4) is 0 Å². The summed E-state index contributed by atoms with van der Waals surface area (Å²) in [6.45, 7) is 0.842. The molecule has 0 aliphatic carbocycles. The molecule has 0 radical (unpaired) electrons. The molecule has 2 N–H and O–H groups in total. The van der Waals surface area contributed by atoms with Crippen molar-refractivity contribution in [2.45, 2.75) is 12.8 Å². The van der Waals surface area contributed by atoms with Crippen molar-refractivity contribution in [2.75, 3.05) is 12.8 Å². The van der Waals surface area contributed by atoms with E-state index in [-0.39, 0.29) is 0 Å². The Morgan fingerprint density at radius 2 is 2.36 bits per heavy atom. The summed E-state index contributed by atoms with van der Waals surface area (Å²) < 4.78 is 23.8. The zero-order chi connectivity index (χ0) is 8.32. The van der Waals surface area contributed by atoms with Gasteiger partial charge in [0.25, 0.3) is 0 Å². The van der Waals surface area contributed by atoms with Crippen LogP contribution < -0.4 is 10.0 Å². The first kappa shape index (κ1) is 8.39. The lowest BCUT2D eigenvalue weighted by Crippen LogP contribution is -2.33. The number of rotatable bonds is 2. The van der Waals surface area contributed by atoms with Crippen molar-refractivity contribution >= 4 is 10.0 Å². The maximum absolute atomic E-state index is 10.7. The summed E-state index contributed by atoms with van der Waals surface area (Å²) in [5.74, 6) is 0.610. The van der Waals surface area contributed by atoms with Crippen LogP contribution in [0, 0.1) is 0 Å². The van der Waals surface area contributed by atoms with Gasteiger partial charge in [0.05, 0.1) is 6.26 Å². The monoisotopic (exact) mass is 176 g/mol. The van der Waals surface area contributed by atoms with Crippen LogP contribution in [-0.4, -0.2) is 21.2 Å². The Bertz CT molecular complexity index is 256. The highest BCUT2D eigenvalue weighted by Crippen LogP contribution is 2.00. The van der Waals surface area contributed by atoms with Gasteiger partial charge in [-0.05, 0) is 18.9 Å². The molecule has 0 fully saturated rings. The van der Waals surface area contributed by atoms with E-state index in [1.807, 2.05) is 6.08 Å². The van der Waals surface area contributed by atoms with E-state index in [1.165, 1.54) is 0 Å². The molecule has 0 spiro atoms. The Balaban J connectivity index is 2.55. The highest BCUT2D eigenvalue weighted by molar-refractivity contribution is 7.88. The molecule has 1 aliphatic rings. The third-order valence-corrected chi connectivity index (χ3v) is 1.93. The minimum Gasteiger partial charge on any atom is -0.371 e. The average molecular weight is 176 g/mol. The lowest BCUT2D eigenvalue weighted by molar-refractivity contribution is 0.585. The van der Waals surface area contributed by atoms with Gasteiger partial charge in [-0.3, -0.25) is 4.72 Å². The largest absolute Gasteiger partial charge is 0.371 e. The highest BCUT2D eigenvalue weighted by atomic mass is 32.2. The molecule has 0 amide bonds. The molecule has 64 valence electrons. The number of hydrogen-bond acceptors (Lipinski definition) is 3. The summed E-state index contributed by atoms with van der Waals surface area (Å²) in [7, 11) is -3.10. The van der Waals surface area contributed by atoms with Crippen molar-refractivity contribution in [2.24, 2.45) is 0 Å². The van der Waals surface area contributed by atoms with Crippen molar-refractivity contribution in [1.29, 1.82) is 0 Å². The predicted molar refractivity (Wildman–Crippen MR) is 43.3 cm³/mol. The Hall–Kier alpha value is -0.710. The van der Waals surface area contributed by atoms with E-state index < -0.39 is 10.0 Å². The Kier molecular flexibility index (Phi) is 2.38. The number of sulfonamides is 1. The quantitative estimate of drug-likeness (QED) is 0.610. The first-order valence-corrected chi connectivity index (χ1v) is 5.39. The van der Waals surface area contributed by atoms with Gasteiger partial charge < -0.3 is 5.32 Å². The molecule has 11 heavy (non-hydrogen) atoms. The lowest BCUT2D eigenvalue weighted by Gasteiger charge is -2.15. The van der Waals surface area contributed by atoms with Gasteiger partial charge in [-0.2, -0.15) is 0 Å². The third-order valence-electron chi connectivity index (χ3n) is 1.34. The van der Waals surface area contributed by atoms with Gasteiger partial charge in [0.1, 0.15) is 5.82 Å². The summed E-state index contributed by atoms with van der Waals surface area (Å²) in [4.78, 5) is 0. The molecule has 5 heteroatoms. The molecule has 4 nitrogen and oxygen atoms in total. The van der Waals surface area contributed by atoms with Crippen molar-refractivity contribution in [3.8, 4) is 0 Å². The Morgan fingerprint density at radius 1 is 1.64 bits per heavy atom. The first-order valence-electron chi connectivity index (χ1n) is 3.50. The van der Waals surface area contributed by atoms with Gasteiger partial charge in [-0.1, -0.05) is 0 Å². The van der Waals surface area contributed by atoms with Gasteiger partial charge >= 0.3 is 0 Å². The molecule has 0 saturated heterocycles. The lowest BCUT2D eigenvalue weighted by atomic mass is 10.2. The third kappa shape index (κ3) is 3.27. The zero-order valence-electron chi connectivity index (χ0n) is 6.42. The van der Waals surface area contributed by atoms with Crippen LogP contribution >= 0.6 is 0 Å². The van der Waals surface area contributed by atoms with Crippen LogP contribution in [-0.2, 0) is 10.0 Å². The second-order valence-corrected chi connectivity index (χ2v) is 4.31. The van der Waals surface area contributed by atoms with Crippen LogP contribution in [0.2, 0.25) is 0 Å². The summed E-state index contributed by atoms with van der Waals surface area (Å²) in [6, 6.07) is 0. The van der Waals surface area contributed by atoms with Crippen LogP contribution in [0.15, 0.2) is 11.9 Å². The van der Waals surface area contributed by atoms with E-state index in [0.29, 0.717) is 5.82 Å². The Labute approximate surface area is 66.7 Å². The molecule has 1 rings (SSSR count). The average Bonchev–Trinajstić information content (AvgIpc) is 1.85. The highest BCUT2D eigenvalue weighted by Gasteiger charge is 2.06. The van der Waals surface area contributed by atoms with E-state index in [1.54, 1.807) is 0 Å². The van der Waals surface area contributed by atoms with Crippen LogP contribution in [0.1, 0.15) is 12.8 Å². The Morgan fingerprint density at radius 3 is 2.82 bits per heavy atom. The van der Waals surface area contributed by atoms with E-state index >= 15 is 0 Å². The summed E-state index contributed by atoms with van der Waals surface area (Å²) in [5.41, 5.74) is 0. The van der Waals surface area contributed by atoms with E-state index in [0.717, 1.165) is 25.6 Å². The normalized spacial score (nSPS) is 18.5. The fourth-order valence-electron chi connectivity index (χ4n) is 0.921. The molecular weight excluding hydrogens is 164 g/mol. The van der Waals surface area contributed by atoms with Gasteiger partial charge in [-0.15, -0.1) is 0 Å². The maximum atomic E-state index is 10.7. The fraction of sp³-hybridized carbons (Fsp3) is 0.667. The van der Waals surface area contributed by atoms with Crippen molar-refractivity contribution in [3.63, 3.8) is 0 Å². The molecule has 1 heterocycles. The molecule has 0 unspecified atom stereocenters. The SMILES string of the molecule is CS(=O)(=O)NC1=CCCCN1. The molecule has 1 aliphatic heterocycles. The van der Waals surface area contributed by atoms with E-state index in [2.05, 4.69) is 10.0 Å². The minimum absolute atomic E-state index is 0.610. The van der Waals surface area contributed by atoms with Crippen molar-refractivity contribution in [1.82, 2.24) is 10.0 Å². The van der Waals surface area contributed by atoms with Gasteiger partial charge in [-0.25, -0.2) is 8.42 Å². The van der Waals surface area contributed by atoms with E-state index in [9.17, 15) is 8.42 Å². The standard InChI is InChI=1S/C6H12N2O2S/c1-11(9,10)8-6-4-2-3-5-7-6/h4,7-8H,2-3,5H2,1H3.